The molecule has 0 saturated carbocycles. The second kappa shape index (κ2) is 9.86. The molecule has 3 nitrogen and oxygen atoms in total. The minimum atomic E-state index is -0.541. The third-order valence-corrected chi connectivity index (χ3v) is 5.55. The predicted molar refractivity (Wildman–Crippen MR) is 126 cm³/mol. The van der Waals surface area contributed by atoms with Gasteiger partial charge in [-0.15, -0.1) is 0 Å². The van der Waals surface area contributed by atoms with Gasteiger partial charge in [0.15, 0.2) is 0 Å². The highest BCUT2D eigenvalue weighted by Gasteiger charge is 2.38. The summed E-state index contributed by atoms with van der Waals surface area (Å²) in [6, 6.07) is 31.7. The minimum Gasteiger partial charge on any atom is -0.318 e. The molecule has 0 aliphatic carbocycles. The highest BCUT2D eigenvalue weighted by atomic mass is 16.1. The zero-order valence-electron chi connectivity index (χ0n) is 17.5. The number of nitrogens with zero attached hydrogens (tertiary/aromatic N) is 2. The number of allylic oxidation sites excluding steroid dienone is 1. The van der Waals surface area contributed by atoms with Crippen molar-refractivity contribution in [3.63, 3.8) is 0 Å². The Balaban J connectivity index is 1.87. The van der Waals surface area contributed by atoms with Gasteiger partial charge in [0.1, 0.15) is 11.8 Å². The Labute approximate surface area is 183 Å². The van der Waals surface area contributed by atoms with Gasteiger partial charge in [-0.25, -0.2) is 4.98 Å². The first-order chi connectivity index (χ1) is 15.4. The molecule has 1 heterocycles. The van der Waals surface area contributed by atoms with Gasteiger partial charge in [-0.2, -0.15) is 0 Å². The molecule has 0 unspecified atom stereocenters. The van der Waals surface area contributed by atoms with Gasteiger partial charge in [0.2, 0.25) is 0 Å². The van der Waals surface area contributed by atoms with Gasteiger partial charge in [0.25, 0.3) is 0 Å². The number of aldehydes is 1. The molecule has 0 saturated heterocycles. The van der Waals surface area contributed by atoms with Crippen LogP contribution in [0, 0.1) is 0 Å². The molecular weight excluding hydrogens is 380 g/mol. The quantitative estimate of drug-likeness (QED) is 0.191. The van der Waals surface area contributed by atoms with Gasteiger partial charge in [-0.3, -0.25) is 0 Å². The Morgan fingerprint density at radius 1 is 0.742 bits per heavy atom. The monoisotopic (exact) mass is 406 g/mol. The molecule has 4 aromatic rings. The SMILES string of the molecule is O=CCCCC=Cc1cn(C(c2ccccc2)(c2ccccc2)c2ccccc2)cn1. The number of carbonyl (C=O) groups is 1. The van der Waals surface area contributed by atoms with Gasteiger partial charge in [0.05, 0.1) is 12.0 Å². The largest absolute Gasteiger partial charge is 0.318 e. The summed E-state index contributed by atoms with van der Waals surface area (Å²) in [5, 5.41) is 0. The van der Waals surface area contributed by atoms with E-state index < -0.39 is 5.54 Å². The van der Waals surface area contributed by atoms with E-state index in [4.69, 9.17) is 0 Å². The molecule has 0 amide bonds. The van der Waals surface area contributed by atoms with E-state index in [2.05, 4.69) is 94.6 Å². The van der Waals surface area contributed by atoms with Crippen molar-refractivity contribution in [1.29, 1.82) is 0 Å². The first-order valence-electron chi connectivity index (χ1n) is 10.7. The van der Waals surface area contributed by atoms with Crippen LogP contribution in [0.25, 0.3) is 6.08 Å². The summed E-state index contributed by atoms with van der Waals surface area (Å²) in [5.74, 6) is 0. The third-order valence-electron chi connectivity index (χ3n) is 5.55. The lowest BCUT2D eigenvalue weighted by atomic mass is 9.77. The highest BCUT2D eigenvalue weighted by molar-refractivity contribution is 5.52. The molecule has 0 atom stereocenters. The number of aromatic nitrogens is 2. The number of hydrogen-bond donors (Lipinski definition) is 0. The maximum Gasteiger partial charge on any atom is 0.121 e. The summed E-state index contributed by atoms with van der Waals surface area (Å²) in [6.07, 6.45) is 11.4. The van der Waals surface area contributed by atoms with Crippen LogP contribution in [0.15, 0.2) is 110 Å². The van der Waals surface area contributed by atoms with Crippen molar-refractivity contribution in [3.05, 3.63) is 132 Å². The standard InChI is InChI=1S/C28H26N2O/c31-21-13-2-1-12-20-27-22-30(23-29-27)28(24-14-6-3-7-15-24,25-16-8-4-9-17-25)26-18-10-5-11-19-26/h3-12,14-23H,1-2,13H2. The van der Waals surface area contributed by atoms with Crippen LogP contribution in [-0.4, -0.2) is 15.8 Å². The normalized spacial score (nSPS) is 11.6. The fraction of sp³-hybridized carbons (Fsp3) is 0.143. The van der Waals surface area contributed by atoms with Crippen LogP contribution in [-0.2, 0) is 10.3 Å². The molecule has 0 spiro atoms. The summed E-state index contributed by atoms with van der Waals surface area (Å²) < 4.78 is 2.21. The second-order valence-electron chi connectivity index (χ2n) is 7.51. The van der Waals surface area contributed by atoms with E-state index in [1.165, 1.54) is 16.7 Å². The number of imidazole rings is 1. The zero-order valence-corrected chi connectivity index (χ0v) is 17.5. The first-order valence-corrected chi connectivity index (χ1v) is 10.7. The van der Waals surface area contributed by atoms with Crippen molar-refractivity contribution in [3.8, 4) is 0 Å². The van der Waals surface area contributed by atoms with E-state index in [-0.39, 0.29) is 0 Å². The Bertz CT molecular complexity index is 1020. The van der Waals surface area contributed by atoms with Crippen LogP contribution >= 0.6 is 0 Å². The van der Waals surface area contributed by atoms with Gasteiger partial charge in [0, 0.05) is 12.6 Å². The second-order valence-corrected chi connectivity index (χ2v) is 7.51. The molecule has 154 valence electrons. The number of benzene rings is 3. The molecule has 4 rings (SSSR count). The maximum absolute atomic E-state index is 10.5. The van der Waals surface area contributed by atoms with Crippen molar-refractivity contribution in [2.24, 2.45) is 0 Å². The van der Waals surface area contributed by atoms with Crippen molar-refractivity contribution in [1.82, 2.24) is 9.55 Å². The molecule has 3 aromatic carbocycles. The number of hydrogen-bond acceptors (Lipinski definition) is 2. The van der Waals surface area contributed by atoms with E-state index in [0.717, 1.165) is 24.8 Å². The van der Waals surface area contributed by atoms with Crippen LogP contribution in [0.3, 0.4) is 0 Å². The van der Waals surface area contributed by atoms with Gasteiger partial charge < -0.3 is 9.36 Å². The van der Waals surface area contributed by atoms with Gasteiger partial charge in [-0.1, -0.05) is 97.1 Å². The molecule has 0 aliphatic heterocycles. The summed E-state index contributed by atoms with van der Waals surface area (Å²) in [6.45, 7) is 0. The Hall–Kier alpha value is -3.72. The fourth-order valence-electron chi connectivity index (χ4n) is 4.12. The molecule has 0 fully saturated rings. The van der Waals surface area contributed by atoms with Crippen LogP contribution in [0.5, 0.6) is 0 Å². The summed E-state index contributed by atoms with van der Waals surface area (Å²) >= 11 is 0. The Morgan fingerprint density at radius 2 is 1.26 bits per heavy atom. The maximum atomic E-state index is 10.5. The number of rotatable bonds is 9. The predicted octanol–water partition coefficient (Wildman–Crippen LogP) is 6.11. The average molecular weight is 407 g/mol. The van der Waals surface area contributed by atoms with E-state index in [1.54, 1.807) is 0 Å². The first kappa shape index (κ1) is 20.5. The molecule has 0 radical (unpaired) electrons. The van der Waals surface area contributed by atoms with Crippen molar-refractivity contribution >= 4 is 12.4 Å². The van der Waals surface area contributed by atoms with Crippen LogP contribution in [0.1, 0.15) is 41.6 Å². The minimum absolute atomic E-state index is 0.541. The van der Waals surface area contributed by atoms with Gasteiger partial charge in [-0.05, 0) is 35.6 Å². The van der Waals surface area contributed by atoms with E-state index in [0.29, 0.717) is 6.42 Å². The molecule has 0 aliphatic rings. The number of unbranched alkanes of at least 4 members (excludes halogenated alkanes) is 2. The van der Waals surface area contributed by atoms with Gasteiger partial charge >= 0.3 is 0 Å². The lowest BCUT2D eigenvalue weighted by Crippen LogP contribution is -2.36. The molecule has 1 aromatic heterocycles. The highest BCUT2D eigenvalue weighted by Crippen LogP contribution is 2.40. The van der Waals surface area contributed by atoms with Crippen LogP contribution < -0.4 is 0 Å². The molecular formula is C28H26N2O. The summed E-state index contributed by atoms with van der Waals surface area (Å²) in [7, 11) is 0. The lowest BCUT2D eigenvalue weighted by molar-refractivity contribution is -0.107. The zero-order chi connectivity index (χ0) is 21.4. The van der Waals surface area contributed by atoms with E-state index in [9.17, 15) is 4.79 Å². The topological polar surface area (TPSA) is 34.9 Å². The summed E-state index contributed by atoms with van der Waals surface area (Å²) in [4.78, 5) is 15.2. The lowest BCUT2D eigenvalue weighted by Gasteiger charge is -2.37. The Kier molecular flexibility index (Phi) is 6.53. The molecule has 3 heteroatoms. The average Bonchev–Trinajstić information content (AvgIpc) is 3.31. The smallest absolute Gasteiger partial charge is 0.121 e. The van der Waals surface area contributed by atoms with Crippen molar-refractivity contribution in [2.75, 3.05) is 0 Å². The third kappa shape index (κ3) is 4.26. The van der Waals surface area contributed by atoms with Crippen LogP contribution in [0.4, 0.5) is 0 Å². The fourth-order valence-corrected chi connectivity index (χ4v) is 4.12. The number of carbonyl (C=O) groups excluding carboxylic acids is 1. The Morgan fingerprint density at radius 3 is 1.74 bits per heavy atom. The summed E-state index contributed by atoms with van der Waals surface area (Å²) in [5.41, 5.74) is 3.88. The van der Waals surface area contributed by atoms with Crippen molar-refractivity contribution in [2.45, 2.75) is 24.8 Å². The van der Waals surface area contributed by atoms with Crippen LogP contribution in [0.2, 0.25) is 0 Å². The van der Waals surface area contributed by atoms with E-state index >= 15 is 0 Å². The molecule has 0 bridgehead atoms. The van der Waals surface area contributed by atoms with E-state index in [1.807, 2.05) is 30.6 Å². The molecule has 31 heavy (non-hydrogen) atoms. The van der Waals surface area contributed by atoms with Crippen molar-refractivity contribution < 1.29 is 4.79 Å². The molecule has 0 N–H and O–H groups in total.